The van der Waals surface area contributed by atoms with Gasteiger partial charge in [0.05, 0.1) is 5.39 Å². The van der Waals surface area contributed by atoms with E-state index in [9.17, 15) is 4.39 Å². The fourth-order valence-electron chi connectivity index (χ4n) is 6.76. The second-order valence-corrected chi connectivity index (χ2v) is 11.0. The van der Waals surface area contributed by atoms with Gasteiger partial charge in [0.1, 0.15) is 5.82 Å². The standard InChI is InChI=1S/C31H41F3/c1-3-5-7-8-9-10-21-12-13-24-19-25(16-15-23(24)18-21)27-20-26-17-14-22(11-6-4-2)29(32)28(26)31(34)30(27)33/h4,14,17,20-21,23-25H,2-3,5-13,15-16,18-19H2,1H3/t21?,23-,24?,25-/m1/s1. The van der Waals surface area contributed by atoms with Gasteiger partial charge in [0.25, 0.3) is 0 Å². The molecule has 0 radical (unpaired) electrons. The summed E-state index contributed by atoms with van der Waals surface area (Å²) >= 11 is 0. The van der Waals surface area contributed by atoms with Crippen LogP contribution in [0.4, 0.5) is 13.2 Å². The molecule has 2 aliphatic rings. The molecule has 0 bridgehead atoms. The molecule has 2 unspecified atom stereocenters. The first-order chi connectivity index (χ1) is 16.5. The Bertz CT molecular complexity index is 979. The summed E-state index contributed by atoms with van der Waals surface area (Å²) in [7, 11) is 0. The van der Waals surface area contributed by atoms with Gasteiger partial charge >= 0.3 is 0 Å². The summed E-state index contributed by atoms with van der Waals surface area (Å²) in [5.74, 6) is -0.230. The minimum atomic E-state index is -1.01. The number of aryl methyl sites for hydroxylation is 1. The molecule has 0 N–H and O–H groups in total. The molecular weight excluding hydrogens is 429 g/mol. The topological polar surface area (TPSA) is 0 Å². The fraction of sp³-hybridized carbons (Fsp3) is 0.613. The SMILES string of the molecule is C=CCCc1ccc2cc([C@@H]3CC[C@@H]4CC(CCCCCCC)CCC4C3)c(F)c(F)c2c1F. The van der Waals surface area contributed by atoms with Crippen LogP contribution in [0.3, 0.4) is 0 Å². The largest absolute Gasteiger partial charge is 0.206 e. The lowest BCUT2D eigenvalue weighted by Gasteiger charge is -2.42. The lowest BCUT2D eigenvalue weighted by atomic mass is 9.63. The van der Waals surface area contributed by atoms with Gasteiger partial charge in [0.15, 0.2) is 11.6 Å². The molecule has 2 aromatic rings. The quantitative estimate of drug-likeness (QED) is 0.239. The van der Waals surface area contributed by atoms with Crippen LogP contribution in [0.15, 0.2) is 30.9 Å². The normalized spacial score (nSPS) is 24.8. The molecule has 4 rings (SSSR count). The number of allylic oxidation sites excluding steroid dienone is 1. The molecule has 3 heteroatoms. The number of hydrogen-bond acceptors (Lipinski definition) is 0. The van der Waals surface area contributed by atoms with Gasteiger partial charge in [0, 0.05) is 0 Å². The van der Waals surface area contributed by atoms with Crippen LogP contribution in [-0.2, 0) is 6.42 Å². The van der Waals surface area contributed by atoms with Crippen LogP contribution in [0.25, 0.3) is 10.8 Å². The maximum absolute atomic E-state index is 15.2. The summed E-state index contributed by atoms with van der Waals surface area (Å²) in [6.07, 6.45) is 17.6. The predicted molar refractivity (Wildman–Crippen MR) is 137 cm³/mol. The van der Waals surface area contributed by atoms with Crippen LogP contribution >= 0.6 is 0 Å². The number of halogens is 3. The van der Waals surface area contributed by atoms with Crippen molar-refractivity contribution >= 4 is 10.8 Å². The number of fused-ring (bicyclic) bond motifs is 2. The molecule has 0 heterocycles. The summed E-state index contributed by atoms with van der Waals surface area (Å²) < 4.78 is 45.3. The van der Waals surface area contributed by atoms with Gasteiger partial charge in [-0.25, -0.2) is 13.2 Å². The molecule has 2 fully saturated rings. The van der Waals surface area contributed by atoms with Crippen molar-refractivity contribution < 1.29 is 13.2 Å². The Morgan fingerprint density at radius 3 is 2.44 bits per heavy atom. The first-order valence-electron chi connectivity index (χ1n) is 13.7. The molecule has 186 valence electrons. The van der Waals surface area contributed by atoms with E-state index < -0.39 is 17.5 Å². The second-order valence-electron chi connectivity index (χ2n) is 11.0. The third-order valence-corrected chi connectivity index (χ3v) is 8.73. The molecule has 34 heavy (non-hydrogen) atoms. The van der Waals surface area contributed by atoms with E-state index >= 15 is 8.78 Å². The highest BCUT2D eigenvalue weighted by atomic mass is 19.2. The Morgan fingerprint density at radius 1 is 0.882 bits per heavy atom. The van der Waals surface area contributed by atoms with Gasteiger partial charge < -0.3 is 0 Å². The smallest absolute Gasteiger partial charge is 0.169 e. The fourth-order valence-corrected chi connectivity index (χ4v) is 6.76. The van der Waals surface area contributed by atoms with Gasteiger partial charge in [-0.1, -0.05) is 70.1 Å². The summed E-state index contributed by atoms with van der Waals surface area (Å²) in [6, 6.07) is 5.18. The first-order valence-corrected chi connectivity index (χ1v) is 13.7. The minimum Gasteiger partial charge on any atom is -0.206 e. The Hall–Kier alpha value is -1.77. The number of hydrogen-bond donors (Lipinski definition) is 0. The summed E-state index contributed by atoms with van der Waals surface area (Å²) in [5.41, 5.74) is 0.876. The molecule has 0 aromatic heterocycles. The van der Waals surface area contributed by atoms with Gasteiger partial charge in [-0.2, -0.15) is 0 Å². The van der Waals surface area contributed by atoms with Crippen LogP contribution < -0.4 is 0 Å². The highest BCUT2D eigenvalue weighted by molar-refractivity contribution is 5.85. The zero-order valence-electron chi connectivity index (χ0n) is 20.9. The van der Waals surface area contributed by atoms with Crippen molar-refractivity contribution in [1.82, 2.24) is 0 Å². The van der Waals surface area contributed by atoms with E-state index in [1.54, 1.807) is 24.3 Å². The molecule has 0 aliphatic heterocycles. The molecule has 0 amide bonds. The lowest BCUT2D eigenvalue weighted by molar-refractivity contribution is 0.112. The van der Waals surface area contributed by atoms with E-state index in [4.69, 9.17) is 0 Å². The van der Waals surface area contributed by atoms with Crippen molar-refractivity contribution in [1.29, 1.82) is 0 Å². The average Bonchev–Trinajstić information content (AvgIpc) is 2.85. The van der Waals surface area contributed by atoms with E-state index in [0.717, 1.165) is 31.1 Å². The third kappa shape index (κ3) is 5.55. The van der Waals surface area contributed by atoms with E-state index in [1.165, 1.54) is 57.8 Å². The van der Waals surface area contributed by atoms with Gasteiger partial charge in [-0.15, -0.1) is 6.58 Å². The van der Waals surface area contributed by atoms with Crippen molar-refractivity contribution in [2.24, 2.45) is 17.8 Å². The van der Waals surface area contributed by atoms with Crippen LogP contribution in [0.5, 0.6) is 0 Å². The van der Waals surface area contributed by atoms with Crippen LogP contribution in [0, 0.1) is 35.2 Å². The van der Waals surface area contributed by atoms with E-state index in [-0.39, 0.29) is 11.3 Å². The summed E-state index contributed by atoms with van der Waals surface area (Å²) in [6.45, 7) is 5.92. The highest BCUT2D eigenvalue weighted by Crippen LogP contribution is 2.49. The van der Waals surface area contributed by atoms with E-state index in [2.05, 4.69) is 13.5 Å². The maximum atomic E-state index is 15.2. The average molecular weight is 471 g/mol. The molecule has 2 saturated carbocycles. The van der Waals surface area contributed by atoms with Crippen LogP contribution in [0.2, 0.25) is 0 Å². The summed E-state index contributed by atoms with van der Waals surface area (Å²) in [5, 5.41) is 0.276. The van der Waals surface area contributed by atoms with Crippen molar-refractivity contribution in [3.8, 4) is 0 Å². The molecule has 0 saturated heterocycles. The Balaban J connectivity index is 1.43. The predicted octanol–water partition coefficient (Wildman–Crippen LogP) is 10.0. The van der Waals surface area contributed by atoms with Gasteiger partial charge in [-0.05, 0) is 91.2 Å². The van der Waals surface area contributed by atoms with E-state index in [1.807, 2.05) is 0 Å². The molecule has 0 spiro atoms. The molecule has 4 atom stereocenters. The van der Waals surface area contributed by atoms with Gasteiger partial charge in [0.2, 0.25) is 0 Å². The molecule has 2 aromatic carbocycles. The van der Waals surface area contributed by atoms with Gasteiger partial charge in [-0.3, -0.25) is 0 Å². The number of unbranched alkanes of at least 4 members (excludes halogenated alkanes) is 4. The third-order valence-electron chi connectivity index (χ3n) is 8.73. The Morgan fingerprint density at radius 2 is 1.65 bits per heavy atom. The summed E-state index contributed by atoms with van der Waals surface area (Å²) in [4.78, 5) is 0. The molecular formula is C31H41F3. The first kappa shape index (κ1) is 25.3. The van der Waals surface area contributed by atoms with E-state index in [0.29, 0.717) is 35.3 Å². The van der Waals surface area contributed by atoms with Crippen molar-refractivity contribution in [2.75, 3.05) is 0 Å². The Kier molecular flexibility index (Phi) is 8.77. The monoisotopic (exact) mass is 470 g/mol. The number of rotatable bonds is 10. The molecule has 0 nitrogen and oxygen atoms in total. The zero-order chi connectivity index (χ0) is 24.1. The maximum Gasteiger partial charge on any atom is 0.169 e. The van der Waals surface area contributed by atoms with Crippen LogP contribution in [-0.4, -0.2) is 0 Å². The van der Waals surface area contributed by atoms with Crippen molar-refractivity contribution in [3.05, 3.63) is 59.4 Å². The van der Waals surface area contributed by atoms with Crippen molar-refractivity contribution in [2.45, 2.75) is 103 Å². The second kappa shape index (κ2) is 11.8. The lowest BCUT2D eigenvalue weighted by Crippen LogP contribution is -2.30. The van der Waals surface area contributed by atoms with Crippen molar-refractivity contribution in [3.63, 3.8) is 0 Å². The molecule has 2 aliphatic carbocycles. The van der Waals surface area contributed by atoms with Crippen LogP contribution in [0.1, 0.15) is 107 Å². The number of benzene rings is 2. The zero-order valence-corrected chi connectivity index (χ0v) is 20.9. The minimum absolute atomic E-state index is 0.0363. The highest BCUT2D eigenvalue weighted by Gasteiger charge is 2.37. The Labute approximate surface area is 204 Å².